The molecule has 0 bridgehead atoms. The molecule has 1 aliphatic rings. The second-order valence-corrected chi connectivity index (χ2v) is 5.06. The van der Waals surface area contributed by atoms with Crippen molar-refractivity contribution in [2.24, 2.45) is 0 Å². The minimum Gasteiger partial charge on any atom is -0.458 e. The molecule has 0 radical (unpaired) electrons. The third-order valence-electron chi connectivity index (χ3n) is 2.48. The van der Waals surface area contributed by atoms with Crippen LogP contribution in [0.4, 0.5) is 4.79 Å². The molecule has 1 heterocycles. The Morgan fingerprint density at radius 3 is 2.80 bits per heavy atom. The van der Waals surface area contributed by atoms with Crippen LogP contribution in [0.5, 0.6) is 0 Å². The van der Waals surface area contributed by atoms with Gasteiger partial charge < -0.3 is 18.9 Å². The van der Waals surface area contributed by atoms with Crippen molar-refractivity contribution < 1.29 is 28.5 Å². The highest BCUT2D eigenvalue weighted by atomic mass is 32.2. The van der Waals surface area contributed by atoms with Crippen LogP contribution in [0.3, 0.4) is 0 Å². The fraction of sp³-hybridized carbons (Fsp3) is 0.385. The summed E-state index contributed by atoms with van der Waals surface area (Å²) in [5.41, 5.74) is 0.134. The van der Waals surface area contributed by atoms with Gasteiger partial charge in [-0.3, -0.25) is 0 Å². The number of benzene rings is 1. The van der Waals surface area contributed by atoms with Crippen molar-refractivity contribution in [2.45, 2.75) is 11.7 Å². The molecular formula is C13H14O6S. The molecular weight excluding hydrogens is 284 g/mol. The molecule has 2 atom stereocenters. The average molecular weight is 298 g/mol. The lowest BCUT2D eigenvalue weighted by atomic mass is 10.2. The van der Waals surface area contributed by atoms with E-state index in [1.165, 1.54) is 18.9 Å². The summed E-state index contributed by atoms with van der Waals surface area (Å²) >= 11 is 1.41. The van der Waals surface area contributed by atoms with Gasteiger partial charge >= 0.3 is 12.1 Å². The first-order chi connectivity index (χ1) is 9.69. The zero-order valence-electron chi connectivity index (χ0n) is 10.8. The van der Waals surface area contributed by atoms with Gasteiger partial charge in [0.1, 0.15) is 12.0 Å². The van der Waals surface area contributed by atoms with Gasteiger partial charge in [-0.2, -0.15) is 0 Å². The smallest absolute Gasteiger partial charge is 0.458 e. The Kier molecular flexibility index (Phi) is 5.25. The summed E-state index contributed by atoms with van der Waals surface area (Å²) in [6.45, 7) is 0.0967. The van der Waals surface area contributed by atoms with Gasteiger partial charge in [0, 0.05) is 0 Å². The van der Waals surface area contributed by atoms with E-state index >= 15 is 0 Å². The first-order valence-corrected chi connectivity index (χ1v) is 6.97. The van der Waals surface area contributed by atoms with Gasteiger partial charge in [-0.15, -0.1) is 11.8 Å². The Hall–Kier alpha value is -1.73. The Balaban J connectivity index is 1.73. The predicted octanol–water partition coefficient (Wildman–Crippen LogP) is 2.04. The summed E-state index contributed by atoms with van der Waals surface area (Å²) < 4.78 is 19.7. The Bertz CT molecular complexity index is 463. The highest BCUT2D eigenvalue weighted by Gasteiger charge is 2.30. The summed E-state index contributed by atoms with van der Waals surface area (Å²) in [4.78, 5) is 22.6. The molecule has 0 aromatic heterocycles. The number of esters is 1. The summed E-state index contributed by atoms with van der Waals surface area (Å²) in [7, 11) is 1.23. The van der Waals surface area contributed by atoms with Crippen LogP contribution in [0.2, 0.25) is 0 Å². The molecule has 0 N–H and O–H groups in total. The number of hydrogen-bond acceptors (Lipinski definition) is 7. The van der Waals surface area contributed by atoms with Gasteiger partial charge in [-0.05, 0) is 12.1 Å². The monoisotopic (exact) mass is 298 g/mol. The number of carbonyl (C=O) groups is 2. The Labute approximate surface area is 120 Å². The third kappa shape index (κ3) is 4.14. The molecule has 1 aromatic rings. The zero-order valence-corrected chi connectivity index (χ0v) is 11.6. The minimum absolute atomic E-state index is 0.0967. The molecule has 0 amide bonds. The minimum atomic E-state index is -0.794. The molecule has 1 aliphatic heterocycles. The van der Waals surface area contributed by atoms with Crippen molar-refractivity contribution in [2.75, 3.05) is 19.5 Å². The lowest BCUT2D eigenvalue weighted by molar-refractivity contribution is -0.111. The highest BCUT2D eigenvalue weighted by Crippen LogP contribution is 2.26. The standard InChI is InChI=1S/C13H14O6S/c1-16-13(15)19-10-8-20-11(18-10)7-17-12(14)9-5-3-2-4-6-9/h2-6,10-11H,7-8H2,1H3. The molecule has 1 saturated heterocycles. The SMILES string of the molecule is COC(=O)OC1CSC(COC(=O)c2ccccc2)O1. The van der Waals surface area contributed by atoms with Crippen LogP contribution in [-0.2, 0) is 18.9 Å². The summed E-state index contributed by atoms with van der Waals surface area (Å²) in [6.07, 6.45) is -1.47. The van der Waals surface area contributed by atoms with Gasteiger partial charge in [0.05, 0.1) is 18.4 Å². The third-order valence-corrected chi connectivity index (χ3v) is 3.56. The second-order valence-electron chi connectivity index (χ2n) is 3.86. The van der Waals surface area contributed by atoms with Crippen LogP contribution in [-0.4, -0.2) is 43.3 Å². The molecule has 6 nitrogen and oxygen atoms in total. The van der Waals surface area contributed by atoms with E-state index in [0.717, 1.165) is 0 Å². The van der Waals surface area contributed by atoms with E-state index in [1.807, 2.05) is 6.07 Å². The number of thioether (sulfide) groups is 1. The summed E-state index contributed by atoms with van der Waals surface area (Å²) in [5, 5.41) is 0. The molecule has 20 heavy (non-hydrogen) atoms. The summed E-state index contributed by atoms with van der Waals surface area (Å²) in [6, 6.07) is 8.69. The summed E-state index contributed by atoms with van der Waals surface area (Å²) in [5.74, 6) is 0.0648. The number of hydrogen-bond donors (Lipinski definition) is 0. The van der Waals surface area contributed by atoms with Gasteiger partial charge in [-0.25, -0.2) is 9.59 Å². The maximum Gasteiger partial charge on any atom is 0.510 e. The number of methoxy groups -OCH3 is 1. The van der Waals surface area contributed by atoms with Crippen LogP contribution < -0.4 is 0 Å². The van der Waals surface area contributed by atoms with Crippen molar-refractivity contribution >= 4 is 23.9 Å². The van der Waals surface area contributed by atoms with E-state index < -0.39 is 18.4 Å². The van der Waals surface area contributed by atoms with E-state index in [0.29, 0.717) is 11.3 Å². The molecule has 2 unspecified atom stereocenters. The molecule has 1 fully saturated rings. The maximum absolute atomic E-state index is 11.7. The van der Waals surface area contributed by atoms with Crippen LogP contribution in [0.25, 0.3) is 0 Å². The highest BCUT2D eigenvalue weighted by molar-refractivity contribution is 8.00. The van der Waals surface area contributed by atoms with Gasteiger partial charge in [0.25, 0.3) is 0 Å². The normalized spacial score (nSPS) is 21.2. The quantitative estimate of drug-likeness (QED) is 0.788. The Morgan fingerprint density at radius 2 is 2.10 bits per heavy atom. The van der Waals surface area contributed by atoms with E-state index in [2.05, 4.69) is 4.74 Å². The maximum atomic E-state index is 11.7. The van der Waals surface area contributed by atoms with Crippen molar-refractivity contribution in [1.82, 2.24) is 0 Å². The van der Waals surface area contributed by atoms with Crippen molar-refractivity contribution in [3.05, 3.63) is 35.9 Å². The van der Waals surface area contributed by atoms with E-state index in [4.69, 9.17) is 14.2 Å². The lowest BCUT2D eigenvalue weighted by Crippen LogP contribution is -2.23. The van der Waals surface area contributed by atoms with Crippen molar-refractivity contribution in [3.8, 4) is 0 Å². The molecule has 2 rings (SSSR count). The number of rotatable bonds is 4. The topological polar surface area (TPSA) is 71.1 Å². The lowest BCUT2D eigenvalue weighted by Gasteiger charge is -2.12. The van der Waals surface area contributed by atoms with Crippen LogP contribution in [0.1, 0.15) is 10.4 Å². The largest absolute Gasteiger partial charge is 0.510 e. The second kappa shape index (κ2) is 7.16. The van der Waals surface area contributed by atoms with Gasteiger partial charge in [-0.1, -0.05) is 18.2 Å². The van der Waals surface area contributed by atoms with E-state index in [-0.39, 0.29) is 12.0 Å². The molecule has 108 valence electrons. The van der Waals surface area contributed by atoms with Gasteiger partial charge in [0.15, 0.2) is 0 Å². The first kappa shape index (κ1) is 14.7. The van der Waals surface area contributed by atoms with Crippen LogP contribution >= 0.6 is 11.8 Å². The zero-order chi connectivity index (χ0) is 14.4. The first-order valence-electron chi connectivity index (χ1n) is 5.93. The van der Waals surface area contributed by atoms with Crippen molar-refractivity contribution in [1.29, 1.82) is 0 Å². The number of ether oxygens (including phenoxy) is 4. The Morgan fingerprint density at radius 1 is 1.35 bits per heavy atom. The molecule has 0 aliphatic carbocycles. The fourth-order valence-electron chi connectivity index (χ4n) is 1.54. The molecule has 0 saturated carbocycles. The van der Waals surface area contributed by atoms with Crippen LogP contribution in [0, 0.1) is 0 Å². The molecule has 0 spiro atoms. The molecule has 7 heteroatoms. The predicted molar refractivity (Wildman–Crippen MR) is 71.3 cm³/mol. The van der Waals surface area contributed by atoms with Crippen molar-refractivity contribution in [3.63, 3.8) is 0 Å². The number of carbonyl (C=O) groups excluding carboxylic acids is 2. The molecule has 1 aromatic carbocycles. The average Bonchev–Trinajstić information content (AvgIpc) is 2.93. The van der Waals surface area contributed by atoms with E-state index in [1.54, 1.807) is 24.3 Å². The van der Waals surface area contributed by atoms with Crippen LogP contribution in [0.15, 0.2) is 30.3 Å². The van der Waals surface area contributed by atoms with E-state index in [9.17, 15) is 9.59 Å². The van der Waals surface area contributed by atoms with Gasteiger partial charge in [0.2, 0.25) is 6.29 Å². The fourth-order valence-corrected chi connectivity index (χ4v) is 2.42.